The number of phenolic OH excluding ortho intramolecular Hbond substituents is 1. The molecule has 0 fully saturated rings. The summed E-state index contributed by atoms with van der Waals surface area (Å²) < 4.78 is 0. The van der Waals surface area contributed by atoms with Gasteiger partial charge in [0.25, 0.3) is 0 Å². The molecule has 1 aromatic carbocycles. The maximum atomic E-state index is 9.81. The molecule has 0 saturated carbocycles. The number of phenols is 1. The molecule has 0 saturated heterocycles. The minimum Gasteiger partial charge on any atom is -0.506 e. The van der Waals surface area contributed by atoms with Gasteiger partial charge in [-0.3, -0.25) is 0 Å². The fourth-order valence-corrected chi connectivity index (χ4v) is 2.17. The van der Waals surface area contributed by atoms with Crippen molar-refractivity contribution in [3.05, 3.63) is 27.7 Å². The van der Waals surface area contributed by atoms with E-state index in [0.29, 0.717) is 16.6 Å². The first-order chi connectivity index (χ1) is 8.04. The average Bonchev–Trinajstić information content (AvgIpc) is 2.25. The summed E-state index contributed by atoms with van der Waals surface area (Å²) in [4.78, 5) is 2.12. The second-order valence-electron chi connectivity index (χ2n) is 4.09. The lowest BCUT2D eigenvalue weighted by molar-refractivity contribution is 0.315. The van der Waals surface area contributed by atoms with Gasteiger partial charge in [0.15, 0.2) is 0 Å². The Hall–Kier alpha value is -0.480. The molecule has 0 heterocycles. The zero-order valence-corrected chi connectivity index (χ0v) is 11.6. The van der Waals surface area contributed by atoms with E-state index in [1.165, 1.54) is 0 Å². The first kappa shape index (κ1) is 14.6. The van der Waals surface area contributed by atoms with Gasteiger partial charge in [-0.1, -0.05) is 23.2 Å². The van der Waals surface area contributed by atoms with Gasteiger partial charge in [0, 0.05) is 17.1 Å². The highest BCUT2D eigenvalue weighted by molar-refractivity contribution is 6.35. The molecule has 0 aliphatic heterocycles. The molecule has 2 N–H and O–H groups in total. The molecule has 0 unspecified atom stereocenters. The second kappa shape index (κ2) is 7.07. The number of nitrogens with zero attached hydrogens (tertiary/aromatic N) is 1. The van der Waals surface area contributed by atoms with Gasteiger partial charge in [-0.25, -0.2) is 0 Å². The third-order valence-electron chi connectivity index (χ3n) is 2.51. The summed E-state index contributed by atoms with van der Waals surface area (Å²) in [6, 6.07) is 3.29. The minimum atomic E-state index is 0.122. The van der Waals surface area contributed by atoms with Crippen LogP contribution in [-0.4, -0.2) is 37.2 Å². The second-order valence-corrected chi connectivity index (χ2v) is 4.93. The van der Waals surface area contributed by atoms with Gasteiger partial charge >= 0.3 is 0 Å². The van der Waals surface area contributed by atoms with Crippen molar-refractivity contribution in [1.82, 2.24) is 10.2 Å². The van der Waals surface area contributed by atoms with Gasteiger partial charge in [-0.05, 0) is 45.7 Å². The van der Waals surface area contributed by atoms with E-state index in [0.717, 1.165) is 25.1 Å². The van der Waals surface area contributed by atoms with Crippen LogP contribution in [0.4, 0.5) is 0 Å². The van der Waals surface area contributed by atoms with Gasteiger partial charge in [0.2, 0.25) is 0 Å². The highest BCUT2D eigenvalue weighted by Crippen LogP contribution is 2.31. The summed E-state index contributed by atoms with van der Waals surface area (Å²) >= 11 is 11.8. The molecule has 96 valence electrons. The molecule has 5 heteroatoms. The van der Waals surface area contributed by atoms with E-state index in [2.05, 4.69) is 10.2 Å². The van der Waals surface area contributed by atoms with Crippen LogP contribution in [0, 0.1) is 0 Å². The molecule has 1 rings (SSSR count). The SMILES string of the molecule is CNCCCN(C)Cc1cc(Cl)cc(Cl)c1O. The van der Waals surface area contributed by atoms with Crippen LogP contribution in [0.5, 0.6) is 5.75 Å². The Kier molecular flexibility index (Phi) is 6.06. The van der Waals surface area contributed by atoms with E-state index in [4.69, 9.17) is 23.2 Å². The van der Waals surface area contributed by atoms with Gasteiger partial charge in [-0.2, -0.15) is 0 Å². The molecule has 0 atom stereocenters. The van der Waals surface area contributed by atoms with Crippen LogP contribution in [0.25, 0.3) is 0 Å². The number of hydrogen-bond donors (Lipinski definition) is 2. The van der Waals surface area contributed by atoms with Crippen LogP contribution in [0.1, 0.15) is 12.0 Å². The molecule has 0 aliphatic carbocycles. The van der Waals surface area contributed by atoms with E-state index in [1.54, 1.807) is 12.1 Å². The molecule has 0 spiro atoms. The average molecular weight is 277 g/mol. The van der Waals surface area contributed by atoms with Crippen LogP contribution in [0.2, 0.25) is 10.0 Å². The van der Waals surface area contributed by atoms with E-state index in [-0.39, 0.29) is 5.75 Å². The van der Waals surface area contributed by atoms with E-state index < -0.39 is 0 Å². The third-order valence-corrected chi connectivity index (χ3v) is 3.02. The molecule has 17 heavy (non-hydrogen) atoms. The molecule has 0 aromatic heterocycles. The molecule has 0 bridgehead atoms. The lowest BCUT2D eigenvalue weighted by atomic mass is 10.2. The topological polar surface area (TPSA) is 35.5 Å². The number of benzene rings is 1. The number of aromatic hydroxyl groups is 1. The summed E-state index contributed by atoms with van der Waals surface area (Å²) in [5.74, 6) is 0.122. The fourth-order valence-electron chi connectivity index (χ4n) is 1.64. The van der Waals surface area contributed by atoms with Crippen LogP contribution < -0.4 is 5.32 Å². The number of halogens is 2. The van der Waals surface area contributed by atoms with Crippen molar-refractivity contribution >= 4 is 23.2 Å². The van der Waals surface area contributed by atoms with Crippen molar-refractivity contribution in [2.45, 2.75) is 13.0 Å². The Morgan fingerprint density at radius 1 is 1.35 bits per heavy atom. The molecule has 0 radical (unpaired) electrons. The fraction of sp³-hybridized carbons (Fsp3) is 0.500. The summed E-state index contributed by atoms with van der Waals surface area (Å²) in [6.45, 7) is 2.56. The molecule has 3 nitrogen and oxygen atoms in total. The zero-order valence-electron chi connectivity index (χ0n) is 10.1. The first-order valence-electron chi connectivity index (χ1n) is 5.54. The normalized spacial score (nSPS) is 11.1. The molecule has 0 amide bonds. The Labute approximate surface area is 112 Å². The Morgan fingerprint density at radius 2 is 2.06 bits per heavy atom. The molecular weight excluding hydrogens is 259 g/mol. The van der Waals surface area contributed by atoms with Gasteiger partial charge < -0.3 is 15.3 Å². The maximum absolute atomic E-state index is 9.81. The van der Waals surface area contributed by atoms with Crippen molar-refractivity contribution in [1.29, 1.82) is 0 Å². The lowest BCUT2D eigenvalue weighted by Gasteiger charge is -2.17. The van der Waals surface area contributed by atoms with Gasteiger partial charge in [0.05, 0.1) is 5.02 Å². The van der Waals surface area contributed by atoms with E-state index in [9.17, 15) is 5.11 Å². The number of rotatable bonds is 6. The van der Waals surface area contributed by atoms with Gasteiger partial charge in [0.1, 0.15) is 5.75 Å². The Bertz CT molecular complexity index is 372. The quantitative estimate of drug-likeness (QED) is 0.785. The number of nitrogens with one attached hydrogen (secondary N) is 1. The van der Waals surface area contributed by atoms with Crippen molar-refractivity contribution < 1.29 is 5.11 Å². The highest BCUT2D eigenvalue weighted by atomic mass is 35.5. The van der Waals surface area contributed by atoms with Crippen molar-refractivity contribution in [3.63, 3.8) is 0 Å². The predicted molar refractivity (Wildman–Crippen MR) is 73.0 cm³/mol. The highest BCUT2D eigenvalue weighted by Gasteiger charge is 2.09. The standard InChI is InChI=1S/C12H18Cl2N2O/c1-15-4-3-5-16(2)8-9-6-10(13)7-11(14)12(9)17/h6-7,15,17H,3-5,8H2,1-2H3. The number of hydrogen-bond acceptors (Lipinski definition) is 3. The first-order valence-corrected chi connectivity index (χ1v) is 6.30. The van der Waals surface area contributed by atoms with E-state index in [1.807, 2.05) is 14.1 Å². The van der Waals surface area contributed by atoms with Crippen molar-refractivity contribution in [2.24, 2.45) is 0 Å². The maximum Gasteiger partial charge on any atom is 0.138 e. The Morgan fingerprint density at radius 3 is 2.71 bits per heavy atom. The van der Waals surface area contributed by atoms with E-state index >= 15 is 0 Å². The molecular formula is C12H18Cl2N2O. The predicted octanol–water partition coefficient (Wildman–Crippen LogP) is 2.74. The van der Waals surface area contributed by atoms with Crippen LogP contribution in [-0.2, 0) is 6.54 Å². The minimum absolute atomic E-state index is 0.122. The van der Waals surface area contributed by atoms with Crippen molar-refractivity contribution in [2.75, 3.05) is 27.2 Å². The summed E-state index contributed by atoms with van der Waals surface area (Å²) in [7, 11) is 3.94. The summed E-state index contributed by atoms with van der Waals surface area (Å²) in [5, 5.41) is 13.8. The smallest absolute Gasteiger partial charge is 0.138 e. The zero-order chi connectivity index (χ0) is 12.8. The largest absolute Gasteiger partial charge is 0.506 e. The third kappa shape index (κ3) is 4.72. The Balaban J connectivity index is 2.61. The van der Waals surface area contributed by atoms with Crippen LogP contribution in [0.15, 0.2) is 12.1 Å². The summed E-state index contributed by atoms with van der Waals surface area (Å²) in [6.07, 6.45) is 1.06. The molecule has 0 aliphatic rings. The lowest BCUT2D eigenvalue weighted by Crippen LogP contribution is -2.22. The van der Waals surface area contributed by atoms with Gasteiger partial charge in [-0.15, -0.1) is 0 Å². The van der Waals surface area contributed by atoms with Crippen LogP contribution in [0.3, 0.4) is 0 Å². The monoisotopic (exact) mass is 276 g/mol. The molecule has 1 aromatic rings. The summed E-state index contributed by atoms with van der Waals surface area (Å²) in [5.41, 5.74) is 0.759. The van der Waals surface area contributed by atoms with Crippen molar-refractivity contribution in [3.8, 4) is 5.75 Å². The van der Waals surface area contributed by atoms with Crippen LogP contribution >= 0.6 is 23.2 Å².